The Bertz CT molecular complexity index is 1390. The van der Waals surface area contributed by atoms with Gasteiger partial charge in [-0.1, -0.05) is 0 Å². The molecule has 1 aliphatic heterocycles. The highest BCUT2D eigenvalue weighted by Crippen LogP contribution is 2.35. The van der Waals surface area contributed by atoms with Crippen molar-refractivity contribution in [2.24, 2.45) is 0 Å². The zero-order valence-electron chi connectivity index (χ0n) is 18.9. The second kappa shape index (κ2) is 8.63. The SMILES string of the molecule is COc1nc(NC2CCN(C)CC2(F)F)nn2ccc(-c3cc(F)c4ncn(CC(F)F)c4c3)c12. The number of anilines is 1. The lowest BCUT2D eigenvalue weighted by molar-refractivity contribution is -0.0675. The molecule has 1 saturated heterocycles. The molecule has 1 unspecified atom stereocenters. The van der Waals surface area contributed by atoms with Gasteiger partial charge in [0.1, 0.15) is 11.0 Å². The molecule has 1 aromatic carbocycles. The van der Waals surface area contributed by atoms with Gasteiger partial charge in [0.2, 0.25) is 11.8 Å². The summed E-state index contributed by atoms with van der Waals surface area (Å²) in [5.74, 6) is -3.61. The molecule has 0 amide bonds. The minimum absolute atomic E-state index is 0.0216. The van der Waals surface area contributed by atoms with Gasteiger partial charge >= 0.3 is 0 Å². The zero-order chi connectivity index (χ0) is 24.9. The second-order valence-electron chi connectivity index (χ2n) is 8.57. The number of alkyl halides is 4. The summed E-state index contributed by atoms with van der Waals surface area (Å²) >= 11 is 0. The van der Waals surface area contributed by atoms with Gasteiger partial charge in [-0.05, 0) is 37.2 Å². The maximum Gasteiger partial charge on any atom is 0.280 e. The third-order valence-corrected chi connectivity index (χ3v) is 6.09. The molecule has 1 atom stereocenters. The van der Waals surface area contributed by atoms with Crippen molar-refractivity contribution in [1.82, 2.24) is 29.0 Å². The number of nitrogens with one attached hydrogen (secondary N) is 1. The number of fused-ring (bicyclic) bond motifs is 2. The molecule has 0 aliphatic carbocycles. The van der Waals surface area contributed by atoms with E-state index < -0.39 is 30.8 Å². The number of methoxy groups -OCH3 is 1. The van der Waals surface area contributed by atoms with Crippen molar-refractivity contribution in [1.29, 1.82) is 0 Å². The summed E-state index contributed by atoms with van der Waals surface area (Å²) in [5.41, 5.74) is 1.41. The van der Waals surface area contributed by atoms with Crippen LogP contribution in [0, 0.1) is 5.82 Å². The molecule has 8 nitrogen and oxygen atoms in total. The molecule has 1 N–H and O–H groups in total. The van der Waals surface area contributed by atoms with Gasteiger partial charge in [0.15, 0.2) is 5.82 Å². The fourth-order valence-electron chi connectivity index (χ4n) is 4.44. The topological polar surface area (TPSA) is 72.5 Å². The fraction of sp³-hybridized carbons (Fsp3) is 0.409. The highest BCUT2D eigenvalue weighted by atomic mass is 19.3. The third-order valence-electron chi connectivity index (χ3n) is 6.09. The van der Waals surface area contributed by atoms with Gasteiger partial charge in [0.25, 0.3) is 12.3 Å². The number of piperidine rings is 1. The molecule has 3 aromatic heterocycles. The van der Waals surface area contributed by atoms with Crippen LogP contribution in [-0.4, -0.2) is 74.7 Å². The molecule has 4 aromatic rings. The number of hydrogen-bond donors (Lipinski definition) is 1. The standard InChI is InChI=1S/C22H22F5N7O/c1-32-5-4-16(22(26,27)10-32)29-21-30-20(35-2)19-13(3-6-34(19)31-21)12-7-14(23)18-15(8-12)33(11-28-18)9-17(24)25/h3,6-8,11,16-17H,4-5,9-10H2,1-2H3,(H,29,31). The highest BCUT2D eigenvalue weighted by Gasteiger charge is 2.44. The molecular formula is C22H22F5N7O. The summed E-state index contributed by atoms with van der Waals surface area (Å²) in [7, 11) is 3.01. The first-order chi connectivity index (χ1) is 16.7. The van der Waals surface area contributed by atoms with E-state index in [-0.39, 0.29) is 35.8 Å². The lowest BCUT2D eigenvalue weighted by atomic mass is 10.0. The highest BCUT2D eigenvalue weighted by molar-refractivity contribution is 5.90. The summed E-state index contributed by atoms with van der Waals surface area (Å²) in [5, 5.41) is 7.02. The largest absolute Gasteiger partial charge is 0.479 e. The number of imidazole rings is 1. The number of rotatable bonds is 6. The number of halogens is 5. The van der Waals surface area contributed by atoms with E-state index in [1.165, 1.54) is 28.6 Å². The van der Waals surface area contributed by atoms with Gasteiger partial charge in [0.05, 0.1) is 38.1 Å². The average molecular weight is 495 g/mol. The maximum atomic E-state index is 14.8. The van der Waals surface area contributed by atoms with Crippen LogP contribution in [0.3, 0.4) is 0 Å². The van der Waals surface area contributed by atoms with Crippen molar-refractivity contribution < 1.29 is 26.7 Å². The minimum atomic E-state index is -2.98. The minimum Gasteiger partial charge on any atom is -0.479 e. The Morgan fingerprint density at radius 1 is 1.29 bits per heavy atom. The number of nitrogens with zero attached hydrogens (tertiary/aromatic N) is 6. The Morgan fingerprint density at radius 3 is 2.80 bits per heavy atom. The Kier molecular flexibility index (Phi) is 5.74. The van der Waals surface area contributed by atoms with E-state index in [1.54, 1.807) is 30.3 Å². The van der Waals surface area contributed by atoms with E-state index in [0.29, 0.717) is 23.2 Å². The first-order valence-electron chi connectivity index (χ1n) is 10.9. The normalized spacial score (nSPS) is 18.6. The van der Waals surface area contributed by atoms with Crippen LogP contribution in [-0.2, 0) is 6.54 Å². The van der Waals surface area contributed by atoms with Crippen LogP contribution < -0.4 is 10.1 Å². The second-order valence-corrected chi connectivity index (χ2v) is 8.57. The summed E-state index contributed by atoms with van der Waals surface area (Å²) in [6, 6.07) is 3.27. The number of benzene rings is 1. The lowest BCUT2D eigenvalue weighted by Gasteiger charge is -2.36. The average Bonchev–Trinajstić information content (AvgIpc) is 3.39. The van der Waals surface area contributed by atoms with Gasteiger partial charge in [-0.2, -0.15) is 4.98 Å². The van der Waals surface area contributed by atoms with Crippen molar-refractivity contribution in [2.75, 3.05) is 32.6 Å². The predicted octanol–water partition coefficient (Wildman–Crippen LogP) is 3.91. The van der Waals surface area contributed by atoms with E-state index in [0.717, 1.165) is 0 Å². The van der Waals surface area contributed by atoms with Crippen molar-refractivity contribution in [3.8, 4) is 17.0 Å². The molecule has 0 bridgehead atoms. The molecule has 186 valence electrons. The van der Waals surface area contributed by atoms with E-state index in [1.807, 2.05) is 0 Å². The smallest absolute Gasteiger partial charge is 0.280 e. The molecule has 1 fully saturated rings. The van der Waals surface area contributed by atoms with E-state index in [2.05, 4.69) is 20.4 Å². The van der Waals surface area contributed by atoms with Gasteiger partial charge < -0.3 is 19.5 Å². The Hall–Kier alpha value is -3.48. The van der Waals surface area contributed by atoms with Crippen molar-refractivity contribution in [2.45, 2.75) is 31.4 Å². The van der Waals surface area contributed by atoms with Gasteiger partial charge in [0, 0.05) is 18.3 Å². The molecule has 5 rings (SSSR count). The molecule has 0 radical (unpaired) electrons. The van der Waals surface area contributed by atoms with Gasteiger partial charge in [-0.3, -0.25) is 0 Å². The fourth-order valence-corrected chi connectivity index (χ4v) is 4.44. The van der Waals surface area contributed by atoms with Crippen molar-refractivity contribution in [3.05, 3.63) is 36.5 Å². The summed E-state index contributed by atoms with van der Waals surface area (Å²) in [4.78, 5) is 9.73. The van der Waals surface area contributed by atoms with Crippen LogP contribution in [0.5, 0.6) is 5.88 Å². The van der Waals surface area contributed by atoms with Gasteiger partial charge in [-0.25, -0.2) is 31.5 Å². The predicted molar refractivity (Wildman–Crippen MR) is 119 cm³/mol. The quantitative estimate of drug-likeness (QED) is 0.409. The van der Waals surface area contributed by atoms with Crippen LogP contribution in [0.15, 0.2) is 30.7 Å². The number of ether oxygens (including phenoxy) is 1. The molecule has 35 heavy (non-hydrogen) atoms. The molecular weight excluding hydrogens is 473 g/mol. The molecule has 0 spiro atoms. The Morgan fingerprint density at radius 2 is 2.09 bits per heavy atom. The van der Waals surface area contributed by atoms with Crippen molar-refractivity contribution in [3.63, 3.8) is 0 Å². The monoisotopic (exact) mass is 495 g/mol. The van der Waals surface area contributed by atoms with E-state index in [9.17, 15) is 22.0 Å². The summed E-state index contributed by atoms with van der Waals surface area (Å²) in [6.07, 6.45) is 0.300. The van der Waals surface area contributed by atoms with Crippen LogP contribution in [0.1, 0.15) is 6.42 Å². The Balaban J connectivity index is 1.55. The summed E-state index contributed by atoms with van der Waals surface area (Å²) < 4.78 is 77.6. The summed E-state index contributed by atoms with van der Waals surface area (Å²) in [6.45, 7) is -0.511. The molecule has 13 heteroatoms. The van der Waals surface area contributed by atoms with Crippen molar-refractivity contribution >= 4 is 22.5 Å². The number of hydrogen-bond acceptors (Lipinski definition) is 6. The van der Waals surface area contributed by atoms with Crippen LogP contribution >= 0.6 is 0 Å². The van der Waals surface area contributed by atoms with E-state index in [4.69, 9.17) is 4.74 Å². The first-order valence-corrected chi connectivity index (χ1v) is 10.9. The van der Waals surface area contributed by atoms with E-state index >= 15 is 0 Å². The lowest BCUT2D eigenvalue weighted by Crippen LogP contribution is -2.53. The Labute approximate surface area is 196 Å². The zero-order valence-corrected chi connectivity index (χ0v) is 18.9. The maximum absolute atomic E-state index is 14.8. The van der Waals surface area contributed by atoms with Crippen LogP contribution in [0.4, 0.5) is 27.9 Å². The molecule has 1 aliphatic rings. The van der Waals surface area contributed by atoms with Crippen LogP contribution in [0.2, 0.25) is 0 Å². The van der Waals surface area contributed by atoms with Gasteiger partial charge in [-0.15, -0.1) is 5.10 Å². The molecule has 0 saturated carbocycles. The van der Waals surface area contributed by atoms with Crippen LogP contribution in [0.25, 0.3) is 27.7 Å². The molecule has 4 heterocycles. The number of likely N-dealkylation sites (tertiary alicyclic amines) is 1. The number of aromatic nitrogens is 5. The first kappa shape index (κ1) is 23.3. The third kappa shape index (κ3) is 4.24.